The third-order valence-corrected chi connectivity index (χ3v) is 9.63. The number of sulfonamides is 2. The summed E-state index contributed by atoms with van der Waals surface area (Å²) in [6, 6.07) is 6.01. The van der Waals surface area contributed by atoms with Gasteiger partial charge in [-0.25, -0.2) is 25.9 Å². The van der Waals surface area contributed by atoms with Crippen molar-refractivity contribution in [2.45, 2.75) is 37.6 Å². The number of rotatable bonds is 7. The first-order valence-electron chi connectivity index (χ1n) is 10.9. The van der Waals surface area contributed by atoms with Crippen molar-refractivity contribution >= 4 is 26.1 Å². The molecule has 10 nitrogen and oxygen atoms in total. The van der Waals surface area contributed by atoms with E-state index in [0.717, 1.165) is 0 Å². The second-order valence-electron chi connectivity index (χ2n) is 7.82. The predicted octanol–water partition coefficient (Wildman–Crippen LogP) is 0.915. The molecule has 0 unspecified atom stereocenters. The molecule has 0 aliphatic carbocycles. The van der Waals surface area contributed by atoms with Gasteiger partial charge in [0.2, 0.25) is 20.0 Å². The highest BCUT2D eigenvalue weighted by atomic mass is 32.2. The maximum Gasteiger partial charge on any atom is 0.317 e. The number of nitrogens with zero attached hydrogens (tertiary/aromatic N) is 3. The Morgan fingerprint density at radius 1 is 0.938 bits per heavy atom. The van der Waals surface area contributed by atoms with Gasteiger partial charge in [-0.05, 0) is 51.0 Å². The van der Waals surface area contributed by atoms with Crippen LogP contribution in [0.15, 0.2) is 29.2 Å². The van der Waals surface area contributed by atoms with E-state index in [9.17, 15) is 21.6 Å². The molecule has 0 saturated carbocycles. The van der Waals surface area contributed by atoms with E-state index in [-0.39, 0.29) is 35.8 Å². The quantitative estimate of drug-likeness (QED) is 0.610. The van der Waals surface area contributed by atoms with Crippen LogP contribution in [-0.4, -0.2) is 94.0 Å². The normalized spacial score (nSPS) is 19.6. The number of amides is 2. The first kappa shape index (κ1) is 24.7. The van der Waals surface area contributed by atoms with Gasteiger partial charge < -0.3 is 15.0 Å². The molecule has 1 aromatic carbocycles. The molecule has 2 heterocycles. The molecule has 2 saturated heterocycles. The van der Waals surface area contributed by atoms with Crippen LogP contribution in [0.1, 0.15) is 26.7 Å². The van der Waals surface area contributed by atoms with Crippen molar-refractivity contribution in [3.8, 4) is 5.75 Å². The second-order valence-corrected chi connectivity index (χ2v) is 12.0. The molecule has 0 radical (unpaired) electrons. The molecule has 1 aromatic rings. The van der Waals surface area contributed by atoms with Gasteiger partial charge >= 0.3 is 6.03 Å². The van der Waals surface area contributed by atoms with Crippen molar-refractivity contribution in [2.75, 3.05) is 51.6 Å². The number of hydrogen-bond donors (Lipinski definition) is 1. The number of piperazine rings is 1. The smallest absolute Gasteiger partial charge is 0.317 e. The van der Waals surface area contributed by atoms with Crippen LogP contribution in [0, 0.1) is 0 Å². The lowest BCUT2D eigenvalue weighted by atomic mass is 10.1. The van der Waals surface area contributed by atoms with Gasteiger partial charge in [-0.2, -0.15) is 4.31 Å². The lowest BCUT2D eigenvalue weighted by Crippen LogP contribution is -2.55. The molecule has 32 heavy (non-hydrogen) atoms. The summed E-state index contributed by atoms with van der Waals surface area (Å²) in [6.07, 6.45) is 1.13. The van der Waals surface area contributed by atoms with E-state index in [2.05, 4.69) is 5.32 Å². The molecule has 3 rings (SSSR count). The minimum Gasteiger partial charge on any atom is -0.494 e. The number of urea groups is 1. The van der Waals surface area contributed by atoms with Crippen LogP contribution < -0.4 is 10.1 Å². The predicted molar refractivity (Wildman–Crippen MR) is 121 cm³/mol. The van der Waals surface area contributed by atoms with Crippen molar-refractivity contribution < 1.29 is 26.4 Å². The maximum absolute atomic E-state index is 12.9. The number of carbonyl (C=O) groups excluding carboxylic acids is 1. The lowest BCUT2D eigenvalue weighted by Gasteiger charge is -2.36. The summed E-state index contributed by atoms with van der Waals surface area (Å²) in [6.45, 7) is 5.82. The molecule has 2 aliphatic rings. The number of ether oxygens (including phenoxy) is 1. The van der Waals surface area contributed by atoms with E-state index in [1.807, 2.05) is 6.92 Å². The SMILES string of the molecule is CCOc1ccc(S(=O)(=O)N2CCN(C(=O)NC3CCN(S(=O)(=O)CC)CC3)CC2)cc1. The topological polar surface area (TPSA) is 116 Å². The maximum atomic E-state index is 12.9. The van der Waals surface area contributed by atoms with Gasteiger partial charge in [-0.1, -0.05) is 0 Å². The summed E-state index contributed by atoms with van der Waals surface area (Å²) in [4.78, 5) is 14.4. The Morgan fingerprint density at radius 2 is 1.53 bits per heavy atom. The number of benzene rings is 1. The van der Waals surface area contributed by atoms with E-state index in [1.54, 1.807) is 24.0 Å². The van der Waals surface area contributed by atoms with Crippen molar-refractivity contribution in [3.05, 3.63) is 24.3 Å². The van der Waals surface area contributed by atoms with Gasteiger partial charge in [-0.15, -0.1) is 0 Å². The summed E-state index contributed by atoms with van der Waals surface area (Å²) in [5, 5.41) is 2.97. The summed E-state index contributed by atoms with van der Waals surface area (Å²) in [5.74, 6) is 0.694. The van der Waals surface area contributed by atoms with Crippen molar-refractivity contribution in [1.29, 1.82) is 0 Å². The average molecular weight is 489 g/mol. The summed E-state index contributed by atoms with van der Waals surface area (Å²) in [7, 11) is -6.84. The molecular formula is C20H32N4O6S2. The van der Waals surface area contributed by atoms with Gasteiger partial charge in [0.25, 0.3) is 0 Å². The molecular weight excluding hydrogens is 456 g/mol. The number of nitrogens with one attached hydrogen (secondary N) is 1. The van der Waals surface area contributed by atoms with Crippen LogP contribution in [-0.2, 0) is 20.0 Å². The Balaban J connectivity index is 1.49. The molecule has 12 heteroatoms. The second kappa shape index (κ2) is 10.4. The zero-order valence-corrected chi connectivity index (χ0v) is 20.2. The molecule has 0 spiro atoms. The number of carbonyl (C=O) groups is 1. The van der Waals surface area contributed by atoms with Crippen LogP contribution in [0.4, 0.5) is 4.79 Å². The Hall–Kier alpha value is -1.89. The Bertz CT molecular complexity index is 981. The molecule has 1 N–H and O–H groups in total. The van der Waals surface area contributed by atoms with Gasteiger partial charge in [0.15, 0.2) is 0 Å². The molecule has 2 fully saturated rings. The zero-order valence-electron chi connectivity index (χ0n) is 18.6. The number of piperidine rings is 1. The van der Waals surface area contributed by atoms with Gasteiger partial charge in [0.1, 0.15) is 5.75 Å². The third-order valence-electron chi connectivity index (χ3n) is 5.84. The molecule has 180 valence electrons. The van der Waals surface area contributed by atoms with E-state index < -0.39 is 20.0 Å². The van der Waals surface area contributed by atoms with Crippen molar-refractivity contribution in [2.24, 2.45) is 0 Å². The summed E-state index contributed by atoms with van der Waals surface area (Å²) < 4.78 is 57.9. The molecule has 0 aromatic heterocycles. The Kier molecular flexibility index (Phi) is 8.01. The van der Waals surface area contributed by atoms with E-state index in [4.69, 9.17) is 4.74 Å². The Morgan fingerprint density at radius 3 is 2.06 bits per heavy atom. The van der Waals surface area contributed by atoms with Crippen LogP contribution >= 0.6 is 0 Å². The fourth-order valence-electron chi connectivity index (χ4n) is 3.88. The zero-order chi connectivity index (χ0) is 23.4. The molecule has 0 atom stereocenters. The highest BCUT2D eigenvalue weighted by Crippen LogP contribution is 2.21. The minimum atomic E-state index is -3.64. The fourth-order valence-corrected chi connectivity index (χ4v) is 6.44. The van der Waals surface area contributed by atoms with Crippen LogP contribution in [0.5, 0.6) is 5.75 Å². The van der Waals surface area contributed by atoms with Crippen LogP contribution in [0.3, 0.4) is 0 Å². The van der Waals surface area contributed by atoms with Gasteiger partial charge in [0.05, 0.1) is 17.3 Å². The van der Waals surface area contributed by atoms with Crippen molar-refractivity contribution in [1.82, 2.24) is 18.8 Å². The summed E-state index contributed by atoms with van der Waals surface area (Å²) in [5.41, 5.74) is 0. The van der Waals surface area contributed by atoms with Gasteiger partial charge in [-0.3, -0.25) is 0 Å². The standard InChI is InChI=1S/C20H32N4O6S2/c1-3-30-18-5-7-19(8-6-18)32(28,29)24-15-13-22(14-16-24)20(25)21-17-9-11-23(12-10-17)31(26,27)4-2/h5-8,17H,3-4,9-16H2,1-2H3,(H,21,25). The number of hydrogen-bond acceptors (Lipinski definition) is 6. The first-order chi connectivity index (χ1) is 15.2. The van der Waals surface area contributed by atoms with Crippen LogP contribution in [0.2, 0.25) is 0 Å². The van der Waals surface area contributed by atoms with Crippen LogP contribution in [0.25, 0.3) is 0 Å². The van der Waals surface area contributed by atoms with E-state index >= 15 is 0 Å². The fraction of sp³-hybridized carbons (Fsp3) is 0.650. The van der Waals surface area contributed by atoms with E-state index in [0.29, 0.717) is 51.4 Å². The average Bonchev–Trinajstić information content (AvgIpc) is 2.80. The largest absolute Gasteiger partial charge is 0.494 e. The highest BCUT2D eigenvalue weighted by molar-refractivity contribution is 7.89. The summed E-state index contributed by atoms with van der Waals surface area (Å²) >= 11 is 0. The molecule has 2 aliphatic heterocycles. The highest BCUT2D eigenvalue weighted by Gasteiger charge is 2.32. The van der Waals surface area contributed by atoms with Crippen molar-refractivity contribution in [3.63, 3.8) is 0 Å². The Labute approximate surface area is 190 Å². The first-order valence-corrected chi connectivity index (χ1v) is 14.0. The van der Waals surface area contributed by atoms with Gasteiger partial charge in [0, 0.05) is 45.3 Å². The lowest BCUT2D eigenvalue weighted by molar-refractivity contribution is 0.164. The third kappa shape index (κ3) is 5.72. The van der Waals surface area contributed by atoms with E-state index in [1.165, 1.54) is 20.7 Å². The minimum absolute atomic E-state index is 0.0773. The molecule has 2 amide bonds. The molecule has 0 bridgehead atoms. The monoisotopic (exact) mass is 488 g/mol.